The number of fused-ring (bicyclic) bond motifs is 1. The Hall–Kier alpha value is -1.24. The molecule has 0 saturated carbocycles. The van der Waals surface area contributed by atoms with Crippen LogP contribution >= 0.6 is 0 Å². The Morgan fingerprint density at radius 1 is 1.00 bits per heavy atom. The summed E-state index contributed by atoms with van der Waals surface area (Å²) >= 11 is 0. The van der Waals surface area contributed by atoms with Crippen molar-refractivity contribution in [3.8, 4) is 0 Å². The maximum Gasteiger partial charge on any atom is 0.0480 e. The third-order valence-electron chi connectivity index (χ3n) is 2.10. The number of rotatable bonds is 0. The fraction of sp³-hybridized carbons (Fsp3) is 0.500. The molecule has 0 unspecified atom stereocenters. The van der Waals surface area contributed by atoms with E-state index >= 15 is 0 Å². The molecule has 0 N–H and O–H groups in total. The van der Waals surface area contributed by atoms with Crippen molar-refractivity contribution in [2.45, 2.75) is 41.5 Å². The van der Waals surface area contributed by atoms with Gasteiger partial charge in [-0.25, -0.2) is 0 Å². The number of hydrogen-bond acceptors (Lipinski definition) is 0. The van der Waals surface area contributed by atoms with Crippen molar-refractivity contribution < 1.29 is 0 Å². The molecule has 0 aliphatic rings. The SMILES string of the molecule is CC.CC(C)C.Cc1cn(C)c2ccccc12. The lowest BCUT2D eigenvalue weighted by molar-refractivity contribution is 0.737. The Morgan fingerprint density at radius 3 is 1.94 bits per heavy atom. The van der Waals surface area contributed by atoms with Crippen LogP contribution in [0.4, 0.5) is 0 Å². The minimum atomic E-state index is 0.833. The van der Waals surface area contributed by atoms with Gasteiger partial charge in [-0.2, -0.15) is 0 Å². The topological polar surface area (TPSA) is 4.93 Å². The number of nitrogens with zero attached hydrogens (tertiary/aromatic N) is 1. The van der Waals surface area contributed by atoms with Gasteiger partial charge in [0, 0.05) is 24.1 Å². The summed E-state index contributed by atoms with van der Waals surface area (Å²) < 4.78 is 2.16. The largest absolute Gasteiger partial charge is 0.350 e. The number of benzene rings is 1. The molecule has 0 aliphatic heterocycles. The molecule has 0 spiro atoms. The quantitative estimate of drug-likeness (QED) is 0.591. The van der Waals surface area contributed by atoms with E-state index < -0.39 is 0 Å². The monoisotopic (exact) mass is 233 g/mol. The van der Waals surface area contributed by atoms with Gasteiger partial charge in [0.25, 0.3) is 0 Å². The van der Waals surface area contributed by atoms with Gasteiger partial charge in [0.2, 0.25) is 0 Å². The smallest absolute Gasteiger partial charge is 0.0480 e. The molecule has 1 heterocycles. The molecule has 1 aromatic heterocycles. The predicted molar refractivity (Wildman–Crippen MR) is 79.5 cm³/mol. The summed E-state index contributed by atoms with van der Waals surface area (Å²) in [5, 5.41) is 1.36. The van der Waals surface area contributed by atoms with Gasteiger partial charge in [-0.3, -0.25) is 0 Å². The Labute approximate surface area is 106 Å². The fourth-order valence-electron chi connectivity index (χ4n) is 1.54. The number of aryl methyl sites for hydroxylation is 2. The molecule has 2 rings (SSSR count). The van der Waals surface area contributed by atoms with E-state index in [9.17, 15) is 0 Å². The second kappa shape index (κ2) is 7.94. The first kappa shape index (κ1) is 15.8. The van der Waals surface area contributed by atoms with Crippen molar-refractivity contribution >= 4 is 10.9 Å². The minimum absolute atomic E-state index is 0.833. The van der Waals surface area contributed by atoms with Crippen molar-refractivity contribution in [2.24, 2.45) is 13.0 Å². The molecule has 0 atom stereocenters. The van der Waals surface area contributed by atoms with Crippen molar-refractivity contribution in [2.75, 3.05) is 0 Å². The normalized spacial score (nSPS) is 9.41. The van der Waals surface area contributed by atoms with E-state index in [0.29, 0.717) is 0 Å². The highest BCUT2D eigenvalue weighted by Gasteiger charge is 1.98. The van der Waals surface area contributed by atoms with Crippen LogP contribution in [0.1, 0.15) is 40.2 Å². The Balaban J connectivity index is 0.000000368. The summed E-state index contributed by atoms with van der Waals surface area (Å²) in [6.45, 7) is 12.6. The molecular formula is C16H27N. The molecule has 0 radical (unpaired) electrons. The van der Waals surface area contributed by atoms with Crippen LogP contribution in [0.5, 0.6) is 0 Å². The zero-order valence-electron chi connectivity index (χ0n) is 12.4. The van der Waals surface area contributed by atoms with E-state index in [4.69, 9.17) is 0 Å². The number of hydrogen-bond donors (Lipinski definition) is 0. The average Bonchev–Trinajstić information content (AvgIpc) is 2.58. The summed E-state index contributed by atoms with van der Waals surface area (Å²) in [7, 11) is 2.08. The number of aromatic nitrogens is 1. The summed E-state index contributed by atoms with van der Waals surface area (Å²) in [5.41, 5.74) is 2.66. The van der Waals surface area contributed by atoms with Crippen molar-refractivity contribution in [1.82, 2.24) is 4.57 Å². The molecule has 0 bridgehead atoms. The molecule has 0 aliphatic carbocycles. The van der Waals surface area contributed by atoms with Crippen LogP contribution in [0, 0.1) is 12.8 Å². The molecule has 0 fully saturated rings. The summed E-state index contributed by atoms with van der Waals surface area (Å²) in [4.78, 5) is 0. The first-order chi connectivity index (χ1) is 8.02. The Morgan fingerprint density at radius 2 is 1.47 bits per heavy atom. The lowest BCUT2D eigenvalue weighted by Gasteiger charge is -1.92. The molecular weight excluding hydrogens is 206 g/mol. The average molecular weight is 233 g/mol. The van der Waals surface area contributed by atoms with E-state index in [2.05, 4.69) is 69.8 Å². The molecule has 96 valence electrons. The van der Waals surface area contributed by atoms with Crippen LogP contribution in [-0.2, 0) is 7.05 Å². The van der Waals surface area contributed by atoms with Crippen molar-refractivity contribution in [3.05, 3.63) is 36.0 Å². The van der Waals surface area contributed by atoms with Crippen LogP contribution < -0.4 is 0 Å². The predicted octanol–water partition coefficient (Wildman–Crippen LogP) is 5.18. The van der Waals surface area contributed by atoms with Crippen LogP contribution in [0.3, 0.4) is 0 Å². The zero-order valence-corrected chi connectivity index (χ0v) is 12.4. The van der Waals surface area contributed by atoms with Crippen molar-refractivity contribution in [1.29, 1.82) is 0 Å². The Kier molecular flexibility index (Phi) is 7.36. The summed E-state index contributed by atoms with van der Waals surface area (Å²) in [6, 6.07) is 8.45. The third kappa shape index (κ3) is 5.08. The standard InChI is InChI=1S/C10H11N.C4H10.C2H6/c1-8-7-11(2)10-6-4-3-5-9(8)10;1-4(2)3;1-2/h3-7H,1-2H3;4H,1-3H3;1-2H3. The molecule has 2 aromatic rings. The van der Waals surface area contributed by atoms with Gasteiger partial charge in [-0.15, -0.1) is 0 Å². The lowest BCUT2D eigenvalue weighted by atomic mass is 10.2. The van der Waals surface area contributed by atoms with Gasteiger partial charge in [-0.05, 0) is 24.5 Å². The Bertz CT molecular complexity index is 385. The highest BCUT2D eigenvalue weighted by atomic mass is 14.9. The van der Waals surface area contributed by atoms with Gasteiger partial charge < -0.3 is 4.57 Å². The zero-order chi connectivity index (χ0) is 13.4. The second-order valence-corrected chi connectivity index (χ2v) is 4.67. The van der Waals surface area contributed by atoms with Gasteiger partial charge >= 0.3 is 0 Å². The minimum Gasteiger partial charge on any atom is -0.350 e. The van der Waals surface area contributed by atoms with E-state index in [1.165, 1.54) is 16.5 Å². The highest BCUT2D eigenvalue weighted by molar-refractivity contribution is 5.83. The molecule has 0 saturated heterocycles. The molecule has 1 nitrogen and oxygen atoms in total. The van der Waals surface area contributed by atoms with Crippen LogP contribution in [-0.4, -0.2) is 4.57 Å². The molecule has 17 heavy (non-hydrogen) atoms. The molecule has 1 heteroatoms. The van der Waals surface area contributed by atoms with Crippen LogP contribution in [0.15, 0.2) is 30.5 Å². The third-order valence-corrected chi connectivity index (χ3v) is 2.10. The van der Waals surface area contributed by atoms with Crippen molar-refractivity contribution in [3.63, 3.8) is 0 Å². The van der Waals surface area contributed by atoms with E-state index in [1.54, 1.807) is 0 Å². The first-order valence-corrected chi connectivity index (χ1v) is 6.53. The van der Waals surface area contributed by atoms with Gasteiger partial charge in [0.1, 0.15) is 0 Å². The van der Waals surface area contributed by atoms with Gasteiger partial charge in [-0.1, -0.05) is 52.8 Å². The maximum absolute atomic E-state index is 2.17. The van der Waals surface area contributed by atoms with E-state index in [1.807, 2.05) is 13.8 Å². The van der Waals surface area contributed by atoms with E-state index in [-0.39, 0.29) is 0 Å². The molecule has 0 amide bonds. The lowest BCUT2D eigenvalue weighted by Crippen LogP contribution is -1.81. The van der Waals surface area contributed by atoms with Gasteiger partial charge in [0.15, 0.2) is 0 Å². The summed E-state index contributed by atoms with van der Waals surface area (Å²) in [5.74, 6) is 0.833. The number of para-hydroxylation sites is 1. The van der Waals surface area contributed by atoms with Crippen LogP contribution in [0.2, 0.25) is 0 Å². The highest BCUT2D eigenvalue weighted by Crippen LogP contribution is 2.18. The fourth-order valence-corrected chi connectivity index (χ4v) is 1.54. The molecule has 1 aromatic carbocycles. The van der Waals surface area contributed by atoms with Gasteiger partial charge in [0.05, 0.1) is 0 Å². The first-order valence-electron chi connectivity index (χ1n) is 6.53. The van der Waals surface area contributed by atoms with E-state index in [0.717, 1.165) is 5.92 Å². The second-order valence-electron chi connectivity index (χ2n) is 4.67. The van der Waals surface area contributed by atoms with Crippen LogP contribution in [0.25, 0.3) is 10.9 Å². The summed E-state index contributed by atoms with van der Waals surface area (Å²) in [6.07, 6.45) is 2.16. The maximum atomic E-state index is 2.17.